The van der Waals surface area contributed by atoms with Gasteiger partial charge in [0.1, 0.15) is 0 Å². The summed E-state index contributed by atoms with van der Waals surface area (Å²) in [6.07, 6.45) is 7.15. The highest BCUT2D eigenvalue weighted by atomic mass is 16.6. The molecule has 1 aliphatic carbocycles. The molecule has 0 bridgehead atoms. The number of hydrogen-bond acceptors (Lipinski definition) is 5. The summed E-state index contributed by atoms with van der Waals surface area (Å²) in [5, 5.41) is 11.0. The first kappa shape index (κ1) is 16.9. The van der Waals surface area contributed by atoms with E-state index in [0.29, 0.717) is 18.5 Å². The van der Waals surface area contributed by atoms with Crippen LogP contribution in [0.3, 0.4) is 0 Å². The average molecular weight is 295 g/mol. The van der Waals surface area contributed by atoms with Crippen LogP contribution in [0.25, 0.3) is 0 Å². The molecular weight excluding hydrogens is 274 g/mol. The smallest absolute Gasteiger partial charge is 0.253 e. The summed E-state index contributed by atoms with van der Waals surface area (Å²) in [6.45, 7) is 5.09. The van der Waals surface area contributed by atoms with Crippen molar-refractivity contribution in [1.82, 2.24) is 4.90 Å². The van der Waals surface area contributed by atoms with E-state index in [-0.39, 0.29) is 11.3 Å². The molecule has 2 N–H and O–H groups in total. The van der Waals surface area contributed by atoms with Gasteiger partial charge in [-0.15, -0.1) is 0 Å². The maximum absolute atomic E-state index is 11.0. The molecule has 0 aromatic heterocycles. The molecule has 0 aromatic carbocycles. The molecule has 2 rings (SSSR count). The fraction of sp³-hybridized carbons (Fsp3) is 0.500. The molecule has 7 heteroatoms. The lowest BCUT2D eigenvalue weighted by atomic mass is 10.1. The van der Waals surface area contributed by atoms with Crippen LogP contribution in [0.4, 0.5) is 0 Å². The Kier molecular flexibility index (Phi) is 7.17. The van der Waals surface area contributed by atoms with E-state index in [9.17, 15) is 10.1 Å². The topological polar surface area (TPSA) is 98.7 Å². The number of nitrogens with zero attached hydrogens (tertiary/aromatic N) is 2. The molecular formula is C14H21N3O4. The predicted molar refractivity (Wildman–Crippen MR) is 78.8 cm³/mol. The molecule has 1 amide bonds. The second kappa shape index (κ2) is 8.91. The molecule has 0 radical (unpaired) electrons. The average Bonchev–Trinajstić information content (AvgIpc) is 2.71. The molecule has 0 aromatic rings. The first-order valence-electron chi connectivity index (χ1n) is 6.86. The summed E-state index contributed by atoms with van der Waals surface area (Å²) in [5.41, 5.74) is 6.37. The Morgan fingerprint density at radius 2 is 2.10 bits per heavy atom. The molecule has 0 atom stereocenters. The maximum atomic E-state index is 11.0. The number of rotatable bonds is 3. The number of nitro groups is 1. The van der Waals surface area contributed by atoms with Gasteiger partial charge in [0, 0.05) is 24.4 Å². The molecule has 7 nitrogen and oxygen atoms in total. The van der Waals surface area contributed by atoms with Crippen LogP contribution in [0.15, 0.2) is 35.2 Å². The van der Waals surface area contributed by atoms with E-state index < -0.39 is 0 Å². The molecule has 116 valence electrons. The molecule has 0 spiro atoms. The Bertz CT molecular complexity index is 463. The van der Waals surface area contributed by atoms with Crippen LogP contribution < -0.4 is 5.73 Å². The number of nitrogens with two attached hydrogens (primary N) is 1. The Hall–Kier alpha value is -2.15. The zero-order chi connectivity index (χ0) is 15.7. The molecule has 1 fully saturated rings. The fourth-order valence-electron chi connectivity index (χ4n) is 2.25. The van der Waals surface area contributed by atoms with Gasteiger partial charge in [-0.3, -0.25) is 14.9 Å². The van der Waals surface area contributed by atoms with Gasteiger partial charge in [0.25, 0.3) is 5.70 Å². The first-order chi connectivity index (χ1) is 10.1. The molecule has 1 heterocycles. The van der Waals surface area contributed by atoms with E-state index in [1.54, 1.807) is 0 Å². The van der Waals surface area contributed by atoms with E-state index in [0.717, 1.165) is 37.6 Å². The van der Waals surface area contributed by atoms with Gasteiger partial charge in [0.05, 0.1) is 24.6 Å². The van der Waals surface area contributed by atoms with Crippen LogP contribution in [0.5, 0.6) is 0 Å². The lowest BCUT2D eigenvalue weighted by Gasteiger charge is -2.29. The van der Waals surface area contributed by atoms with Gasteiger partial charge in [-0.2, -0.15) is 0 Å². The number of primary amides is 1. The number of allylic oxidation sites excluding steroid dienone is 4. The van der Waals surface area contributed by atoms with Gasteiger partial charge in [0.2, 0.25) is 6.41 Å². The minimum Gasteiger partial charge on any atom is -0.378 e. The number of carbonyl (C=O) groups is 1. The highest BCUT2D eigenvalue weighted by Crippen LogP contribution is 2.23. The zero-order valence-electron chi connectivity index (χ0n) is 12.2. The van der Waals surface area contributed by atoms with Crippen LogP contribution >= 0.6 is 0 Å². The highest BCUT2D eigenvalue weighted by molar-refractivity contribution is 5.42. The van der Waals surface area contributed by atoms with Crippen molar-refractivity contribution in [3.05, 3.63) is 45.3 Å². The van der Waals surface area contributed by atoms with Crippen molar-refractivity contribution in [2.24, 2.45) is 5.73 Å². The van der Waals surface area contributed by atoms with Gasteiger partial charge < -0.3 is 15.4 Å². The van der Waals surface area contributed by atoms with Crippen LogP contribution in [-0.4, -0.2) is 42.5 Å². The molecule has 0 unspecified atom stereocenters. The summed E-state index contributed by atoms with van der Waals surface area (Å²) in [7, 11) is 0. The second-order valence-electron chi connectivity index (χ2n) is 4.49. The minimum atomic E-state index is -0.262. The van der Waals surface area contributed by atoms with E-state index in [4.69, 9.17) is 9.53 Å². The van der Waals surface area contributed by atoms with Crippen molar-refractivity contribution in [2.75, 3.05) is 26.3 Å². The van der Waals surface area contributed by atoms with E-state index in [1.165, 1.54) is 0 Å². The van der Waals surface area contributed by atoms with Gasteiger partial charge in [-0.05, 0) is 18.6 Å². The molecule has 1 aliphatic heterocycles. The lowest BCUT2D eigenvalue weighted by Crippen LogP contribution is -2.35. The summed E-state index contributed by atoms with van der Waals surface area (Å²) in [4.78, 5) is 21.6. The van der Waals surface area contributed by atoms with Crippen molar-refractivity contribution in [3.63, 3.8) is 0 Å². The Morgan fingerprint density at radius 3 is 2.62 bits per heavy atom. The molecule has 1 saturated heterocycles. The van der Waals surface area contributed by atoms with Crippen molar-refractivity contribution < 1.29 is 14.5 Å². The molecule has 2 aliphatic rings. The third-order valence-electron chi connectivity index (χ3n) is 3.27. The summed E-state index contributed by atoms with van der Waals surface area (Å²) < 4.78 is 5.32. The van der Waals surface area contributed by atoms with E-state index >= 15 is 0 Å². The zero-order valence-corrected chi connectivity index (χ0v) is 12.2. The maximum Gasteiger partial charge on any atom is 0.253 e. The number of amides is 1. The molecule has 21 heavy (non-hydrogen) atoms. The van der Waals surface area contributed by atoms with Crippen molar-refractivity contribution >= 4 is 6.41 Å². The monoisotopic (exact) mass is 295 g/mol. The highest BCUT2D eigenvalue weighted by Gasteiger charge is 2.19. The van der Waals surface area contributed by atoms with Crippen molar-refractivity contribution in [1.29, 1.82) is 0 Å². The van der Waals surface area contributed by atoms with Gasteiger partial charge in [-0.25, -0.2) is 0 Å². The fourth-order valence-corrected chi connectivity index (χ4v) is 2.25. The number of carbonyl (C=O) groups excluding carboxylic acids is 1. The Labute approximate surface area is 123 Å². The van der Waals surface area contributed by atoms with E-state index in [1.807, 2.05) is 25.2 Å². The number of ether oxygens (including phenoxy) is 1. The standard InChI is InChI=1S/C13H18N2O3.CH3NO/c1-2-11-10-12(14-6-8-18-9-7-14)4-3-5-13(11)15(16)17;2-1-3/h3-4,10H,2,5-9H2,1H3;1H,(H2,2,3). The quantitative estimate of drug-likeness (QED) is 0.479. The Balaban J connectivity index is 0.000000677. The van der Waals surface area contributed by atoms with Crippen LogP contribution in [0.1, 0.15) is 19.8 Å². The Morgan fingerprint density at radius 1 is 1.48 bits per heavy atom. The number of hydrogen-bond donors (Lipinski definition) is 1. The predicted octanol–water partition coefficient (Wildman–Crippen LogP) is 1.20. The largest absolute Gasteiger partial charge is 0.378 e. The summed E-state index contributed by atoms with van der Waals surface area (Å²) in [5.74, 6) is 0. The first-order valence-corrected chi connectivity index (χ1v) is 6.86. The summed E-state index contributed by atoms with van der Waals surface area (Å²) in [6, 6.07) is 0. The van der Waals surface area contributed by atoms with Crippen LogP contribution in [0, 0.1) is 10.1 Å². The SMILES string of the molecule is CCC1=C([N+](=O)[O-])CC=CC(N2CCOCC2)=C1.NC=O. The number of morpholine rings is 1. The van der Waals surface area contributed by atoms with Crippen molar-refractivity contribution in [3.8, 4) is 0 Å². The van der Waals surface area contributed by atoms with Crippen molar-refractivity contribution in [2.45, 2.75) is 19.8 Å². The third-order valence-corrected chi connectivity index (χ3v) is 3.27. The van der Waals surface area contributed by atoms with Gasteiger partial charge in [0.15, 0.2) is 0 Å². The van der Waals surface area contributed by atoms with Gasteiger partial charge >= 0.3 is 0 Å². The third kappa shape index (κ3) is 5.03. The minimum absolute atomic E-state index is 0.250. The van der Waals surface area contributed by atoms with Crippen LogP contribution in [0.2, 0.25) is 0 Å². The molecule has 0 saturated carbocycles. The van der Waals surface area contributed by atoms with E-state index in [2.05, 4.69) is 10.6 Å². The second-order valence-corrected chi connectivity index (χ2v) is 4.49. The van der Waals surface area contributed by atoms with Crippen LogP contribution in [-0.2, 0) is 9.53 Å². The van der Waals surface area contributed by atoms with Gasteiger partial charge in [-0.1, -0.05) is 13.0 Å². The summed E-state index contributed by atoms with van der Waals surface area (Å²) >= 11 is 0. The lowest BCUT2D eigenvalue weighted by molar-refractivity contribution is -0.427. The normalized spacial score (nSPS) is 18.3.